The highest BCUT2D eigenvalue weighted by Crippen LogP contribution is 2.32. The Bertz CT molecular complexity index is 1110. The van der Waals surface area contributed by atoms with Crippen LogP contribution in [0, 0.1) is 0 Å². The molecule has 0 saturated heterocycles. The van der Waals surface area contributed by atoms with E-state index in [-0.39, 0.29) is 11.1 Å². The van der Waals surface area contributed by atoms with E-state index >= 15 is 0 Å². The third-order valence-electron chi connectivity index (χ3n) is 6.45. The number of carbonyl (C=O) groups is 1. The Morgan fingerprint density at radius 3 is 1.64 bits per heavy atom. The first kappa shape index (κ1) is 32.7. The Kier molecular flexibility index (Phi) is 13.8. The van der Waals surface area contributed by atoms with Crippen LogP contribution >= 0.6 is 0 Å². The van der Waals surface area contributed by atoms with E-state index in [0.717, 1.165) is 62.8 Å². The van der Waals surface area contributed by atoms with Gasteiger partial charge in [0, 0.05) is 11.1 Å². The van der Waals surface area contributed by atoms with Gasteiger partial charge in [0.2, 0.25) is 0 Å². The zero-order valence-corrected chi connectivity index (χ0v) is 23.8. The minimum atomic E-state index is -5.48. The lowest BCUT2D eigenvalue weighted by Crippen LogP contribution is -2.23. The Hall–Kier alpha value is -2.55. The summed E-state index contributed by atoms with van der Waals surface area (Å²) in [6, 6.07) is 8.59. The number of ketones is 1. The first-order valence-electron chi connectivity index (χ1n) is 14.0. The number of benzene rings is 2. The standard InChI is InChI=1S/C30H41F3O5S/c1-3-5-7-9-11-13-21-37-27-20-17-25(23-28(27)38-22-14-12-10-8-6-4-2)29(34)24-15-18-26(19-16-24)39(35,36)30(31,32)33/h15-20,23H,3-14,21-22H2,1-2H3. The Labute approximate surface area is 231 Å². The van der Waals surface area contributed by atoms with Crippen LogP contribution in [0.25, 0.3) is 0 Å². The average Bonchev–Trinajstić information content (AvgIpc) is 2.91. The van der Waals surface area contributed by atoms with Crippen LogP contribution in [0.5, 0.6) is 11.5 Å². The molecule has 0 heterocycles. The van der Waals surface area contributed by atoms with Crippen molar-refractivity contribution in [1.29, 1.82) is 0 Å². The number of ether oxygens (including phenoxy) is 2. The number of hydrogen-bond donors (Lipinski definition) is 0. The van der Waals surface area contributed by atoms with Crippen LogP contribution in [0.3, 0.4) is 0 Å². The fraction of sp³-hybridized carbons (Fsp3) is 0.567. The molecule has 0 aliphatic carbocycles. The van der Waals surface area contributed by atoms with Crippen LogP contribution < -0.4 is 9.47 Å². The molecule has 2 aromatic rings. The predicted molar refractivity (Wildman–Crippen MR) is 147 cm³/mol. The Morgan fingerprint density at radius 1 is 0.667 bits per heavy atom. The molecule has 218 valence electrons. The van der Waals surface area contributed by atoms with E-state index in [4.69, 9.17) is 9.47 Å². The summed E-state index contributed by atoms with van der Waals surface area (Å²) in [6.07, 6.45) is 13.4. The van der Waals surface area contributed by atoms with Crippen molar-refractivity contribution in [3.63, 3.8) is 0 Å². The Morgan fingerprint density at radius 2 is 1.13 bits per heavy atom. The van der Waals surface area contributed by atoms with Gasteiger partial charge in [-0.1, -0.05) is 78.1 Å². The van der Waals surface area contributed by atoms with E-state index in [1.807, 2.05) is 0 Å². The molecule has 2 aromatic carbocycles. The highest BCUT2D eigenvalue weighted by molar-refractivity contribution is 7.92. The molecule has 0 aliphatic heterocycles. The monoisotopic (exact) mass is 570 g/mol. The van der Waals surface area contributed by atoms with Gasteiger partial charge in [0.05, 0.1) is 18.1 Å². The normalized spacial score (nSPS) is 11.9. The van der Waals surface area contributed by atoms with Crippen molar-refractivity contribution in [1.82, 2.24) is 0 Å². The minimum absolute atomic E-state index is 0.0683. The largest absolute Gasteiger partial charge is 0.501 e. The number of carbonyl (C=O) groups excluding carboxylic acids is 1. The van der Waals surface area contributed by atoms with Crippen LogP contribution in [0.1, 0.15) is 107 Å². The van der Waals surface area contributed by atoms with Crippen LogP contribution in [-0.2, 0) is 9.84 Å². The predicted octanol–water partition coefficient (Wildman–Crippen LogP) is 8.69. The van der Waals surface area contributed by atoms with E-state index in [1.54, 1.807) is 18.2 Å². The molecule has 0 bridgehead atoms. The quantitative estimate of drug-likeness (QED) is 0.125. The maximum absolute atomic E-state index is 13.1. The molecule has 9 heteroatoms. The summed E-state index contributed by atoms with van der Waals surface area (Å²) >= 11 is 0. The molecular formula is C30H41F3O5S. The summed E-state index contributed by atoms with van der Waals surface area (Å²) in [7, 11) is -5.48. The molecule has 2 rings (SSSR count). The van der Waals surface area contributed by atoms with Crippen molar-refractivity contribution >= 4 is 15.6 Å². The summed E-state index contributed by atoms with van der Waals surface area (Å²) < 4.78 is 73.7. The Balaban J connectivity index is 2.11. The van der Waals surface area contributed by atoms with Gasteiger partial charge in [-0.05, 0) is 55.3 Å². The highest BCUT2D eigenvalue weighted by Gasteiger charge is 2.46. The van der Waals surface area contributed by atoms with E-state index in [2.05, 4.69) is 13.8 Å². The smallest absolute Gasteiger partial charge is 0.490 e. The number of hydrogen-bond acceptors (Lipinski definition) is 5. The summed E-state index contributed by atoms with van der Waals surface area (Å²) in [5, 5.41) is 0. The third kappa shape index (κ3) is 10.5. The van der Waals surface area contributed by atoms with Crippen molar-refractivity contribution < 1.29 is 35.9 Å². The van der Waals surface area contributed by atoms with E-state index in [1.165, 1.54) is 38.5 Å². The lowest BCUT2D eigenvalue weighted by atomic mass is 10.0. The molecule has 0 aromatic heterocycles. The second-order valence-electron chi connectivity index (χ2n) is 9.70. The first-order chi connectivity index (χ1) is 18.6. The van der Waals surface area contributed by atoms with Crippen LogP contribution in [0.4, 0.5) is 13.2 Å². The van der Waals surface area contributed by atoms with Gasteiger partial charge in [0.25, 0.3) is 9.84 Å². The fourth-order valence-electron chi connectivity index (χ4n) is 4.10. The molecule has 0 radical (unpaired) electrons. The van der Waals surface area contributed by atoms with Gasteiger partial charge in [-0.2, -0.15) is 13.2 Å². The molecule has 0 atom stereocenters. The first-order valence-corrected chi connectivity index (χ1v) is 15.5. The van der Waals surface area contributed by atoms with E-state index in [9.17, 15) is 26.4 Å². The molecule has 0 aliphatic rings. The van der Waals surface area contributed by atoms with Crippen molar-refractivity contribution in [2.75, 3.05) is 13.2 Å². The van der Waals surface area contributed by atoms with E-state index < -0.39 is 26.0 Å². The molecule has 39 heavy (non-hydrogen) atoms. The molecule has 0 spiro atoms. The SMILES string of the molecule is CCCCCCCCOc1ccc(C(=O)c2ccc(S(=O)(=O)C(F)(F)F)cc2)cc1OCCCCCCCC. The van der Waals surface area contributed by atoms with Gasteiger partial charge < -0.3 is 9.47 Å². The number of halogens is 3. The highest BCUT2D eigenvalue weighted by atomic mass is 32.2. The maximum Gasteiger partial charge on any atom is 0.501 e. The van der Waals surface area contributed by atoms with Gasteiger partial charge in [0.1, 0.15) is 0 Å². The second kappa shape index (κ2) is 16.5. The van der Waals surface area contributed by atoms with Crippen molar-refractivity contribution in [2.45, 2.75) is 101 Å². The van der Waals surface area contributed by atoms with Gasteiger partial charge in [0.15, 0.2) is 17.3 Å². The maximum atomic E-state index is 13.1. The van der Waals surface area contributed by atoms with Gasteiger partial charge in [-0.15, -0.1) is 0 Å². The number of alkyl halides is 3. The number of rotatable bonds is 19. The molecule has 0 fully saturated rings. The zero-order valence-electron chi connectivity index (χ0n) is 23.0. The molecule has 5 nitrogen and oxygen atoms in total. The second-order valence-corrected chi connectivity index (χ2v) is 11.6. The summed E-state index contributed by atoms with van der Waals surface area (Å²) in [5.74, 6) is 0.521. The van der Waals surface area contributed by atoms with E-state index in [0.29, 0.717) is 24.7 Å². The van der Waals surface area contributed by atoms with Gasteiger partial charge in [-0.25, -0.2) is 8.42 Å². The molecule has 0 amide bonds. The summed E-state index contributed by atoms with van der Waals surface area (Å²) in [5.41, 5.74) is -5.07. The van der Waals surface area contributed by atoms with Crippen molar-refractivity contribution in [2.24, 2.45) is 0 Å². The van der Waals surface area contributed by atoms with Crippen LogP contribution in [0.2, 0.25) is 0 Å². The molecule has 0 saturated carbocycles. The van der Waals surface area contributed by atoms with Crippen LogP contribution in [-0.4, -0.2) is 32.9 Å². The van der Waals surface area contributed by atoms with Gasteiger partial charge >= 0.3 is 5.51 Å². The lowest BCUT2D eigenvalue weighted by molar-refractivity contribution is -0.0436. The zero-order chi connectivity index (χ0) is 28.7. The fourth-order valence-corrected chi connectivity index (χ4v) is 4.86. The summed E-state index contributed by atoms with van der Waals surface area (Å²) in [4.78, 5) is 12.2. The summed E-state index contributed by atoms with van der Waals surface area (Å²) in [6.45, 7) is 5.35. The molecule has 0 N–H and O–H groups in total. The van der Waals surface area contributed by atoms with Gasteiger partial charge in [-0.3, -0.25) is 4.79 Å². The number of sulfone groups is 1. The van der Waals surface area contributed by atoms with Crippen molar-refractivity contribution in [3.8, 4) is 11.5 Å². The van der Waals surface area contributed by atoms with Crippen LogP contribution in [0.15, 0.2) is 47.4 Å². The number of unbranched alkanes of at least 4 members (excludes halogenated alkanes) is 10. The lowest BCUT2D eigenvalue weighted by Gasteiger charge is -2.14. The van der Waals surface area contributed by atoms with Crippen molar-refractivity contribution in [3.05, 3.63) is 53.6 Å². The topological polar surface area (TPSA) is 69.7 Å². The third-order valence-corrected chi connectivity index (χ3v) is 7.95. The average molecular weight is 571 g/mol. The minimum Gasteiger partial charge on any atom is -0.490 e. The molecule has 0 unspecified atom stereocenters. The molecular weight excluding hydrogens is 529 g/mol.